The zero-order valence-electron chi connectivity index (χ0n) is 6.86. The third-order valence-electron chi connectivity index (χ3n) is 1.91. The summed E-state index contributed by atoms with van der Waals surface area (Å²) in [5.41, 5.74) is 0. The van der Waals surface area contributed by atoms with Crippen LogP contribution < -0.4 is 0 Å². The summed E-state index contributed by atoms with van der Waals surface area (Å²) < 4.78 is 5.00. The molecule has 1 rings (SSSR count). The minimum Gasteiger partial charge on any atom is -0.508 e. The van der Waals surface area contributed by atoms with E-state index in [1.54, 1.807) is 0 Å². The molecule has 0 bridgehead atoms. The lowest BCUT2D eigenvalue weighted by Gasteiger charge is -2.25. The van der Waals surface area contributed by atoms with Crippen molar-refractivity contribution < 1.29 is 19.7 Å². The Hall–Kier alpha value is -1.03. The van der Waals surface area contributed by atoms with Gasteiger partial charge in [0.1, 0.15) is 36.4 Å². The van der Waals surface area contributed by atoms with Gasteiger partial charge in [-0.2, -0.15) is 0 Å². The fourth-order valence-electron chi connectivity index (χ4n) is 1.17. The fourth-order valence-corrected chi connectivity index (χ4v) is 1.17. The van der Waals surface area contributed by atoms with Crippen LogP contribution in [-0.2, 0) is 9.53 Å². The molecular weight excluding hydrogens is 160 g/mol. The topological polar surface area (TPSA) is 66.8 Å². The van der Waals surface area contributed by atoms with E-state index in [-0.39, 0.29) is 12.4 Å². The number of carbonyl (C=O) groups is 1. The third kappa shape index (κ3) is 1.43. The minimum absolute atomic E-state index is 0.0800. The molecule has 1 aliphatic rings. The molecule has 0 aromatic rings. The molecule has 68 valence electrons. The van der Waals surface area contributed by atoms with Gasteiger partial charge in [0.25, 0.3) is 0 Å². The molecular formula is C8H12O4. The van der Waals surface area contributed by atoms with Crippen LogP contribution in [0.5, 0.6) is 0 Å². The molecule has 0 spiro atoms. The quantitative estimate of drug-likeness (QED) is 0.590. The second-order valence-corrected chi connectivity index (χ2v) is 2.70. The van der Waals surface area contributed by atoms with Crippen LogP contribution in [0.1, 0.15) is 13.3 Å². The number of aliphatic hydroxyl groups is 2. The van der Waals surface area contributed by atoms with Gasteiger partial charge in [-0.05, 0) is 0 Å². The van der Waals surface area contributed by atoms with E-state index in [9.17, 15) is 15.0 Å². The van der Waals surface area contributed by atoms with Crippen molar-refractivity contribution in [3.63, 3.8) is 0 Å². The average Bonchev–Trinajstić information content (AvgIpc) is 2.06. The number of carbonyl (C=O) groups excluding carboxylic acids is 1. The Bertz CT molecular complexity index is 209. The molecule has 0 aliphatic carbocycles. The predicted molar refractivity (Wildman–Crippen MR) is 41.5 cm³/mol. The van der Waals surface area contributed by atoms with Gasteiger partial charge in [0.2, 0.25) is 0 Å². The van der Waals surface area contributed by atoms with Gasteiger partial charge >= 0.3 is 0 Å². The zero-order valence-corrected chi connectivity index (χ0v) is 6.86. The minimum atomic E-state index is -0.919. The summed E-state index contributed by atoms with van der Waals surface area (Å²) in [6.07, 6.45) is 0.152. The van der Waals surface area contributed by atoms with Crippen LogP contribution >= 0.6 is 0 Å². The maximum atomic E-state index is 10.4. The highest BCUT2D eigenvalue weighted by Crippen LogP contribution is 2.23. The van der Waals surface area contributed by atoms with Crippen LogP contribution in [0.15, 0.2) is 11.5 Å². The molecule has 0 saturated carbocycles. The van der Waals surface area contributed by atoms with Crippen LogP contribution in [-0.4, -0.2) is 29.2 Å². The van der Waals surface area contributed by atoms with E-state index in [1.807, 2.05) is 6.92 Å². The molecule has 1 aliphatic heterocycles. The molecule has 0 radical (unpaired) electrons. The first kappa shape index (κ1) is 9.06. The Morgan fingerprint density at radius 1 is 1.75 bits per heavy atom. The molecule has 2 N–H and O–H groups in total. The number of hydrogen-bond donors (Lipinski definition) is 2. The fraction of sp³-hybridized carbons (Fsp3) is 0.625. The van der Waals surface area contributed by atoms with Gasteiger partial charge in [-0.3, -0.25) is 0 Å². The summed E-state index contributed by atoms with van der Waals surface area (Å²) in [5.74, 6) is -0.544. The van der Waals surface area contributed by atoms with Crippen molar-refractivity contribution >= 4 is 6.29 Å². The van der Waals surface area contributed by atoms with E-state index in [0.717, 1.165) is 0 Å². The highest BCUT2D eigenvalue weighted by atomic mass is 16.5. The van der Waals surface area contributed by atoms with Gasteiger partial charge in [0.05, 0.1) is 0 Å². The number of allylic oxidation sites excluding steroid dienone is 1. The van der Waals surface area contributed by atoms with E-state index in [4.69, 9.17) is 4.74 Å². The van der Waals surface area contributed by atoms with E-state index >= 15 is 0 Å². The largest absolute Gasteiger partial charge is 0.508 e. The molecule has 4 heteroatoms. The number of ether oxygens (including phenoxy) is 1. The first-order chi connectivity index (χ1) is 5.70. The summed E-state index contributed by atoms with van der Waals surface area (Å²) in [6, 6.07) is 0. The first-order valence-corrected chi connectivity index (χ1v) is 3.88. The van der Waals surface area contributed by atoms with Crippen LogP contribution in [0.2, 0.25) is 0 Å². The van der Waals surface area contributed by atoms with Gasteiger partial charge in [0.15, 0.2) is 0 Å². The number of rotatable bonds is 2. The zero-order chi connectivity index (χ0) is 9.14. The molecule has 0 saturated heterocycles. The molecule has 0 aromatic carbocycles. The second kappa shape index (κ2) is 3.58. The van der Waals surface area contributed by atoms with Crippen molar-refractivity contribution in [2.75, 3.05) is 6.61 Å². The lowest BCUT2D eigenvalue weighted by Crippen LogP contribution is -2.33. The van der Waals surface area contributed by atoms with Gasteiger partial charge in [0, 0.05) is 6.42 Å². The molecule has 4 nitrogen and oxygen atoms in total. The maximum absolute atomic E-state index is 10.4. The molecule has 0 fully saturated rings. The van der Waals surface area contributed by atoms with Gasteiger partial charge < -0.3 is 19.7 Å². The third-order valence-corrected chi connectivity index (χ3v) is 1.91. The normalized spacial score (nSPS) is 29.8. The Kier molecular flexibility index (Phi) is 2.70. The molecule has 2 atom stereocenters. The van der Waals surface area contributed by atoms with Crippen molar-refractivity contribution in [2.24, 2.45) is 5.92 Å². The Morgan fingerprint density at radius 3 is 2.92 bits per heavy atom. The van der Waals surface area contributed by atoms with Crippen LogP contribution in [0, 0.1) is 5.92 Å². The van der Waals surface area contributed by atoms with Crippen LogP contribution in [0.3, 0.4) is 0 Å². The molecule has 1 heterocycles. The number of aldehydes is 1. The Balaban J connectivity index is 2.88. The Labute approximate surface area is 70.5 Å². The monoisotopic (exact) mass is 172 g/mol. The lowest BCUT2D eigenvalue weighted by atomic mass is 9.99. The van der Waals surface area contributed by atoms with E-state index in [2.05, 4.69) is 0 Å². The van der Waals surface area contributed by atoms with Crippen LogP contribution in [0.25, 0.3) is 0 Å². The van der Waals surface area contributed by atoms with Crippen molar-refractivity contribution in [1.82, 2.24) is 0 Å². The van der Waals surface area contributed by atoms with Crippen molar-refractivity contribution in [1.29, 1.82) is 0 Å². The van der Waals surface area contributed by atoms with Crippen LogP contribution in [0.4, 0.5) is 0 Å². The van der Waals surface area contributed by atoms with Crippen molar-refractivity contribution in [3.05, 3.63) is 11.5 Å². The lowest BCUT2D eigenvalue weighted by molar-refractivity contribution is -0.117. The predicted octanol–water partition coefficient (Wildman–Crippen LogP) is 0.372. The van der Waals surface area contributed by atoms with E-state index in [0.29, 0.717) is 18.5 Å². The van der Waals surface area contributed by atoms with E-state index < -0.39 is 12.0 Å². The second-order valence-electron chi connectivity index (χ2n) is 2.70. The summed E-state index contributed by atoms with van der Waals surface area (Å²) in [5, 5.41) is 18.6. The summed E-state index contributed by atoms with van der Waals surface area (Å²) >= 11 is 0. The summed E-state index contributed by atoms with van der Waals surface area (Å²) in [4.78, 5) is 10.4. The highest BCUT2D eigenvalue weighted by Gasteiger charge is 2.30. The van der Waals surface area contributed by atoms with Gasteiger partial charge in [-0.15, -0.1) is 0 Å². The smallest absolute Gasteiger partial charge is 0.143 e. The number of aliphatic hydroxyl groups excluding tert-OH is 2. The van der Waals surface area contributed by atoms with E-state index in [1.165, 1.54) is 0 Å². The molecule has 12 heavy (non-hydrogen) atoms. The van der Waals surface area contributed by atoms with Gasteiger partial charge in [-0.1, -0.05) is 6.92 Å². The summed E-state index contributed by atoms with van der Waals surface area (Å²) in [7, 11) is 0. The maximum Gasteiger partial charge on any atom is 0.143 e. The standard InChI is InChI=1S/C8H12O4/c1-2-7-8(11)5(3-9)6(10)4-12-7/h3,5-6,10-11H,2,4H2,1H3. The number of hydrogen-bond acceptors (Lipinski definition) is 4. The molecule has 0 amide bonds. The Morgan fingerprint density at radius 2 is 2.42 bits per heavy atom. The SMILES string of the molecule is CCC1=C(O)C(C=O)C(O)CO1. The molecule has 0 aromatic heterocycles. The molecule has 2 unspecified atom stereocenters. The first-order valence-electron chi connectivity index (χ1n) is 3.88. The summed E-state index contributed by atoms with van der Waals surface area (Å²) in [6.45, 7) is 1.89. The van der Waals surface area contributed by atoms with Crippen molar-refractivity contribution in [3.8, 4) is 0 Å². The average molecular weight is 172 g/mol. The highest BCUT2D eigenvalue weighted by molar-refractivity contribution is 5.59. The van der Waals surface area contributed by atoms with Gasteiger partial charge in [-0.25, -0.2) is 0 Å². The van der Waals surface area contributed by atoms with Crippen molar-refractivity contribution in [2.45, 2.75) is 19.4 Å².